The molecule has 8 heteroatoms. The van der Waals surface area contributed by atoms with Gasteiger partial charge in [0.1, 0.15) is 0 Å². The number of nitrogens with zero attached hydrogens (tertiary/aromatic N) is 3. The van der Waals surface area contributed by atoms with Crippen molar-refractivity contribution in [1.82, 2.24) is 14.8 Å². The summed E-state index contributed by atoms with van der Waals surface area (Å²) in [7, 11) is 4.71. The van der Waals surface area contributed by atoms with E-state index in [1.165, 1.54) is 16.4 Å². The van der Waals surface area contributed by atoms with Crippen LogP contribution in [0.15, 0.2) is 41.6 Å². The molecule has 0 fully saturated rings. The van der Waals surface area contributed by atoms with Gasteiger partial charge in [0.05, 0.1) is 21.3 Å². The van der Waals surface area contributed by atoms with Crippen LogP contribution in [0.2, 0.25) is 0 Å². The van der Waals surface area contributed by atoms with Gasteiger partial charge < -0.3 is 14.2 Å². The molecular formula is C21H21N3O4S. The van der Waals surface area contributed by atoms with Crippen molar-refractivity contribution in [1.29, 1.82) is 0 Å². The van der Waals surface area contributed by atoms with E-state index in [2.05, 4.69) is 10.1 Å². The third-order valence-electron chi connectivity index (χ3n) is 4.76. The standard InChI is InChI=1S/C21H21N3O4S/c1-12-6-5-7-13(8-12)20-22-21-24(23-20)18(25)11-17(29-21)14-9-15(26-2)19(28-4)16(10-14)27-3/h5-10,17H,11H2,1-4H3/t17-/m0/s1. The summed E-state index contributed by atoms with van der Waals surface area (Å²) in [6.45, 7) is 2.01. The lowest BCUT2D eigenvalue weighted by atomic mass is 10.1. The number of aromatic nitrogens is 3. The first-order chi connectivity index (χ1) is 14.0. The second-order valence-electron chi connectivity index (χ2n) is 6.66. The molecule has 0 radical (unpaired) electrons. The summed E-state index contributed by atoms with van der Waals surface area (Å²) in [5.74, 6) is 2.10. The third kappa shape index (κ3) is 3.55. The van der Waals surface area contributed by atoms with Gasteiger partial charge in [0.2, 0.25) is 5.75 Å². The Morgan fingerprint density at radius 2 is 1.79 bits per heavy atom. The molecule has 1 aromatic heterocycles. The first-order valence-corrected chi connectivity index (χ1v) is 9.96. The number of methoxy groups -OCH3 is 3. The molecule has 0 aliphatic carbocycles. The van der Waals surface area contributed by atoms with Crippen LogP contribution < -0.4 is 14.2 Å². The number of hydrogen-bond donors (Lipinski definition) is 0. The molecule has 4 rings (SSSR count). The Balaban J connectivity index is 1.70. The molecule has 0 unspecified atom stereocenters. The molecule has 0 saturated carbocycles. The lowest BCUT2D eigenvalue weighted by Gasteiger charge is -2.22. The number of rotatable bonds is 5. The van der Waals surface area contributed by atoms with E-state index in [0.29, 0.717) is 34.7 Å². The van der Waals surface area contributed by atoms with Gasteiger partial charge in [-0.15, -0.1) is 5.10 Å². The van der Waals surface area contributed by atoms with Crippen molar-refractivity contribution >= 4 is 17.7 Å². The molecule has 1 atom stereocenters. The van der Waals surface area contributed by atoms with E-state index in [4.69, 9.17) is 14.2 Å². The fraction of sp³-hybridized carbons (Fsp3) is 0.286. The first kappa shape index (κ1) is 19.3. The second kappa shape index (κ2) is 7.79. The van der Waals surface area contributed by atoms with Gasteiger partial charge in [0.15, 0.2) is 22.5 Å². The Morgan fingerprint density at radius 3 is 2.41 bits per heavy atom. The van der Waals surface area contributed by atoms with Gasteiger partial charge in [-0.05, 0) is 30.7 Å². The molecule has 0 saturated heterocycles. The predicted molar refractivity (Wildman–Crippen MR) is 110 cm³/mol. The fourth-order valence-corrected chi connectivity index (χ4v) is 4.46. The van der Waals surface area contributed by atoms with Gasteiger partial charge in [-0.25, -0.2) is 4.98 Å². The van der Waals surface area contributed by atoms with Gasteiger partial charge >= 0.3 is 0 Å². The number of carbonyl (C=O) groups excluding carboxylic acids is 1. The average molecular weight is 411 g/mol. The van der Waals surface area contributed by atoms with Crippen molar-refractivity contribution in [2.75, 3.05) is 21.3 Å². The quantitative estimate of drug-likeness (QED) is 0.624. The van der Waals surface area contributed by atoms with Gasteiger partial charge in [0.25, 0.3) is 5.91 Å². The fourth-order valence-electron chi connectivity index (χ4n) is 3.33. The molecule has 2 heterocycles. The smallest absolute Gasteiger partial charge is 0.250 e. The topological polar surface area (TPSA) is 75.5 Å². The van der Waals surface area contributed by atoms with Crippen LogP contribution in [-0.2, 0) is 0 Å². The zero-order valence-corrected chi connectivity index (χ0v) is 17.4. The van der Waals surface area contributed by atoms with Crippen molar-refractivity contribution in [2.45, 2.75) is 23.8 Å². The SMILES string of the molecule is COc1cc([C@@H]2CC(=O)n3nc(-c4cccc(C)c4)nc3S2)cc(OC)c1OC. The van der Waals surface area contributed by atoms with Crippen molar-refractivity contribution in [3.8, 4) is 28.6 Å². The summed E-state index contributed by atoms with van der Waals surface area (Å²) >= 11 is 1.50. The van der Waals surface area contributed by atoms with Crippen LogP contribution in [0.3, 0.4) is 0 Å². The summed E-state index contributed by atoms with van der Waals surface area (Å²) < 4.78 is 17.7. The normalized spacial score (nSPS) is 15.7. The molecule has 7 nitrogen and oxygen atoms in total. The minimum atomic E-state index is -0.127. The first-order valence-electron chi connectivity index (χ1n) is 9.08. The maximum atomic E-state index is 12.8. The third-order valence-corrected chi connectivity index (χ3v) is 5.95. The van der Waals surface area contributed by atoms with Crippen LogP contribution in [-0.4, -0.2) is 42.0 Å². The van der Waals surface area contributed by atoms with Crippen LogP contribution in [0.1, 0.15) is 27.6 Å². The van der Waals surface area contributed by atoms with E-state index in [1.54, 1.807) is 21.3 Å². The Morgan fingerprint density at radius 1 is 1.07 bits per heavy atom. The highest BCUT2D eigenvalue weighted by atomic mass is 32.2. The highest BCUT2D eigenvalue weighted by Crippen LogP contribution is 2.46. The maximum Gasteiger partial charge on any atom is 0.250 e. The van der Waals surface area contributed by atoms with Crippen molar-refractivity contribution in [2.24, 2.45) is 0 Å². The molecular weight excluding hydrogens is 390 g/mol. The number of fused-ring (bicyclic) bond motifs is 1. The predicted octanol–water partition coefficient (Wildman–Crippen LogP) is 4.16. The zero-order valence-electron chi connectivity index (χ0n) is 16.6. The van der Waals surface area contributed by atoms with E-state index in [1.807, 2.05) is 43.3 Å². The van der Waals surface area contributed by atoms with Gasteiger partial charge in [-0.3, -0.25) is 4.79 Å². The largest absolute Gasteiger partial charge is 0.493 e. The summed E-state index contributed by atoms with van der Waals surface area (Å²) in [4.78, 5) is 17.4. The Kier molecular flexibility index (Phi) is 5.19. The Labute approximate surface area is 173 Å². The van der Waals surface area contributed by atoms with Gasteiger partial charge in [-0.2, -0.15) is 4.68 Å². The van der Waals surface area contributed by atoms with E-state index < -0.39 is 0 Å². The molecule has 1 aliphatic rings. The van der Waals surface area contributed by atoms with Crippen molar-refractivity contribution in [3.05, 3.63) is 47.5 Å². The number of ether oxygens (including phenoxy) is 3. The number of hydrogen-bond acceptors (Lipinski definition) is 7. The zero-order chi connectivity index (χ0) is 20.5. The van der Waals surface area contributed by atoms with Crippen LogP contribution >= 0.6 is 11.8 Å². The summed E-state index contributed by atoms with van der Waals surface area (Å²) in [5.41, 5.74) is 2.92. The van der Waals surface area contributed by atoms with Crippen LogP contribution in [0.5, 0.6) is 17.2 Å². The molecule has 0 bridgehead atoms. The van der Waals surface area contributed by atoms with Crippen LogP contribution in [0.4, 0.5) is 0 Å². The lowest BCUT2D eigenvalue weighted by Crippen LogP contribution is -2.21. The molecule has 0 spiro atoms. The molecule has 1 aliphatic heterocycles. The molecule has 2 aromatic carbocycles. The molecule has 0 N–H and O–H groups in total. The molecule has 29 heavy (non-hydrogen) atoms. The van der Waals surface area contributed by atoms with Crippen LogP contribution in [0.25, 0.3) is 11.4 Å². The Bertz CT molecular complexity index is 1050. The summed E-state index contributed by atoms with van der Waals surface area (Å²) in [6, 6.07) is 11.7. The maximum absolute atomic E-state index is 12.8. The number of carbonyl (C=O) groups is 1. The van der Waals surface area contributed by atoms with E-state index in [9.17, 15) is 4.79 Å². The monoisotopic (exact) mass is 411 g/mol. The minimum absolute atomic E-state index is 0.0936. The molecule has 3 aromatic rings. The lowest BCUT2D eigenvalue weighted by molar-refractivity contribution is 0.0868. The summed E-state index contributed by atoms with van der Waals surface area (Å²) in [6.07, 6.45) is 0.299. The average Bonchev–Trinajstić information content (AvgIpc) is 3.17. The van der Waals surface area contributed by atoms with Crippen LogP contribution in [0, 0.1) is 6.92 Å². The highest BCUT2D eigenvalue weighted by Gasteiger charge is 2.31. The highest BCUT2D eigenvalue weighted by molar-refractivity contribution is 7.99. The second-order valence-corrected chi connectivity index (χ2v) is 7.83. The van der Waals surface area contributed by atoms with Gasteiger partial charge in [0, 0.05) is 17.2 Å². The molecule has 0 amide bonds. The van der Waals surface area contributed by atoms with Crippen molar-refractivity contribution in [3.63, 3.8) is 0 Å². The van der Waals surface area contributed by atoms with E-state index in [0.717, 1.165) is 16.7 Å². The van der Waals surface area contributed by atoms with Crippen molar-refractivity contribution < 1.29 is 19.0 Å². The van der Waals surface area contributed by atoms with E-state index in [-0.39, 0.29) is 11.2 Å². The van der Waals surface area contributed by atoms with E-state index >= 15 is 0 Å². The number of thioether (sulfide) groups is 1. The van der Waals surface area contributed by atoms with Gasteiger partial charge in [-0.1, -0.05) is 35.5 Å². The number of aryl methyl sites for hydroxylation is 1. The molecule has 150 valence electrons. The Hall–Kier alpha value is -3.00. The minimum Gasteiger partial charge on any atom is -0.493 e. The summed E-state index contributed by atoms with van der Waals surface area (Å²) in [5, 5.41) is 4.89. The number of benzene rings is 2.